The Bertz CT molecular complexity index is 701. The van der Waals surface area contributed by atoms with Crippen molar-refractivity contribution in [1.29, 1.82) is 0 Å². The second kappa shape index (κ2) is 5.32. The zero-order valence-corrected chi connectivity index (χ0v) is 11.1. The molecule has 0 unspecified atom stereocenters. The van der Waals surface area contributed by atoms with Crippen molar-refractivity contribution in [3.63, 3.8) is 0 Å². The highest BCUT2D eigenvalue weighted by Crippen LogP contribution is 2.41. The molecular weight excluding hydrogens is 296 g/mol. The maximum absolute atomic E-state index is 11.2. The summed E-state index contributed by atoms with van der Waals surface area (Å²) in [5.74, 6) is 0. The van der Waals surface area contributed by atoms with Crippen molar-refractivity contribution >= 4 is 67.6 Å². The van der Waals surface area contributed by atoms with Crippen LogP contribution < -0.4 is 11.5 Å². The summed E-state index contributed by atoms with van der Waals surface area (Å²) in [4.78, 5) is 6.48. The SMILES string of the molecule is Nc1cc(S(=O)(=O)O)c(N=C=S)c(N)c1N=C=S. The maximum Gasteiger partial charge on any atom is 0.296 e. The van der Waals surface area contributed by atoms with E-state index in [-0.39, 0.29) is 22.7 Å². The van der Waals surface area contributed by atoms with Crippen molar-refractivity contribution in [2.45, 2.75) is 4.90 Å². The van der Waals surface area contributed by atoms with Crippen molar-refractivity contribution in [3.8, 4) is 0 Å². The molecule has 0 saturated carbocycles. The van der Waals surface area contributed by atoms with E-state index >= 15 is 0 Å². The highest BCUT2D eigenvalue weighted by atomic mass is 32.2. The van der Waals surface area contributed by atoms with Gasteiger partial charge in [-0.1, -0.05) is 0 Å². The predicted octanol–water partition coefficient (Wildman–Crippen LogP) is 1.57. The number of aliphatic imine (C=N–C) groups is 2. The van der Waals surface area contributed by atoms with Crippen molar-refractivity contribution in [2.24, 2.45) is 9.98 Å². The van der Waals surface area contributed by atoms with Crippen LogP contribution in [0.25, 0.3) is 0 Å². The number of hydrogen-bond acceptors (Lipinski definition) is 8. The smallest absolute Gasteiger partial charge is 0.296 e. The Morgan fingerprint density at radius 2 is 1.67 bits per heavy atom. The van der Waals surface area contributed by atoms with Gasteiger partial charge in [0.2, 0.25) is 0 Å². The van der Waals surface area contributed by atoms with E-state index in [0.29, 0.717) is 0 Å². The van der Waals surface area contributed by atoms with Crippen molar-refractivity contribution in [3.05, 3.63) is 6.07 Å². The van der Waals surface area contributed by atoms with Gasteiger partial charge >= 0.3 is 0 Å². The average molecular weight is 302 g/mol. The van der Waals surface area contributed by atoms with Crippen LogP contribution in [-0.2, 0) is 10.1 Å². The Balaban J connectivity index is 3.89. The average Bonchev–Trinajstić information content (AvgIpc) is 2.26. The molecule has 0 aliphatic carbocycles. The molecule has 0 heterocycles. The second-order valence-corrected chi connectivity index (χ2v) is 4.71. The Labute approximate surface area is 113 Å². The number of nitrogens with zero attached hydrogens (tertiary/aromatic N) is 2. The molecule has 0 saturated heterocycles. The molecule has 1 rings (SSSR count). The van der Waals surface area contributed by atoms with E-state index in [1.807, 2.05) is 10.3 Å². The van der Waals surface area contributed by atoms with Crippen LogP contribution in [0.3, 0.4) is 0 Å². The van der Waals surface area contributed by atoms with Gasteiger partial charge in [-0.05, 0) is 30.5 Å². The minimum Gasteiger partial charge on any atom is -0.397 e. The molecule has 0 radical (unpaired) electrons. The van der Waals surface area contributed by atoms with Crippen LogP contribution in [0.5, 0.6) is 0 Å². The molecule has 10 heteroatoms. The molecule has 18 heavy (non-hydrogen) atoms. The zero-order valence-electron chi connectivity index (χ0n) is 8.61. The number of isothiocyanates is 2. The van der Waals surface area contributed by atoms with Crippen LogP contribution in [-0.4, -0.2) is 23.3 Å². The number of rotatable bonds is 3. The van der Waals surface area contributed by atoms with Gasteiger partial charge in [0, 0.05) is 0 Å². The Hall–Kier alpha value is -1.67. The first-order chi connectivity index (χ1) is 8.32. The van der Waals surface area contributed by atoms with E-state index in [1.54, 1.807) is 0 Å². The maximum atomic E-state index is 11.2. The Morgan fingerprint density at radius 1 is 1.17 bits per heavy atom. The lowest BCUT2D eigenvalue weighted by Crippen LogP contribution is -2.03. The van der Waals surface area contributed by atoms with Crippen LogP contribution in [0.2, 0.25) is 0 Å². The molecule has 0 aliphatic heterocycles. The van der Waals surface area contributed by atoms with E-state index in [0.717, 1.165) is 6.07 Å². The molecule has 0 amide bonds. The fraction of sp³-hybridized carbons (Fsp3) is 0. The van der Waals surface area contributed by atoms with Gasteiger partial charge in [-0.25, -0.2) is 0 Å². The summed E-state index contributed by atoms with van der Waals surface area (Å²) in [5.41, 5.74) is 10.6. The molecule has 1 aromatic carbocycles. The summed E-state index contributed by atoms with van der Waals surface area (Å²) in [5, 5.41) is 3.99. The largest absolute Gasteiger partial charge is 0.397 e. The zero-order chi connectivity index (χ0) is 13.9. The molecule has 0 aliphatic rings. The molecular formula is C8H6N4O3S3. The molecule has 5 N–H and O–H groups in total. The standard InChI is InChI=1S/C8H6N4O3S3/c9-4-1-5(18(13,14)15)8(12-3-17)6(10)7(4)11-2-16/h1H,9-10H2,(H,13,14,15). The molecule has 0 bridgehead atoms. The number of anilines is 2. The fourth-order valence-electron chi connectivity index (χ4n) is 1.21. The number of nitrogen functional groups attached to an aromatic ring is 2. The normalized spacial score (nSPS) is 10.3. The molecule has 1 aromatic rings. The van der Waals surface area contributed by atoms with Crippen molar-refractivity contribution in [2.75, 3.05) is 11.5 Å². The summed E-state index contributed by atoms with van der Waals surface area (Å²) in [6.45, 7) is 0. The lowest BCUT2D eigenvalue weighted by atomic mass is 10.2. The predicted molar refractivity (Wildman–Crippen MR) is 74.5 cm³/mol. The molecule has 0 atom stereocenters. The minimum absolute atomic E-state index is 0.00130. The summed E-state index contributed by atoms with van der Waals surface area (Å²) in [7, 11) is -4.56. The first-order valence-corrected chi connectivity index (χ1v) is 6.43. The van der Waals surface area contributed by atoms with Gasteiger partial charge < -0.3 is 11.5 Å². The molecule has 94 valence electrons. The van der Waals surface area contributed by atoms with Gasteiger partial charge in [0.25, 0.3) is 10.1 Å². The number of benzene rings is 1. The van der Waals surface area contributed by atoms with E-state index in [4.69, 9.17) is 16.0 Å². The number of hydrogen-bond donors (Lipinski definition) is 3. The van der Waals surface area contributed by atoms with E-state index in [1.165, 1.54) is 0 Å². The lowest BCUT2D eigenvalue weighted by Gasteiger charge is -2.09. The Morgan fingerprint density at radius 3 is 2.11 bits per heavy atom. The van der Waals surface area contributed by atoms with Gasteiger partial charge in [-0.3, -0.25) is 4.55 Å². The van der Waals surface area contributed by atoms with Gasteiger partial charge in [-0.15, -0.1) is 0 Å². The molecule has 0 fully saturated rings. The van der Waals surface area contributed by atoms with Crippen LogP contribution in [0, 0.1) is 0 Å². The van der Waals surface area contributed by atoms with Crippen LogP contribution >= 0.6 is 24.4 Å². The highest BCUT2D eigenvalue weighted by molar-refractivity contribution is 7.86. The van der Waals surface area contributed by atoms with Gasteiger partial charge in [0.05, 0.1) is 21.7 Å². The summed E-state index contributed by atoms with van der Waals surface area (Å²) in [6, 6.07) is 0.947. The molecule has 0 aromatic heterocycles. The van der Waals surface area contributed by atoms with Crippen molar-refractivity contribution < 1.29 is 13.0 Å². The van der Waals surface area contributed by atoms with Crippen molar-refractivity contribution in [1.82, 2.24) is 0 Å². The van der Waals surface area contributed by atoms with E-state index in [9.17, 15) is 8.42 Å². The Kier molecular flexibility index (Phi) is 4.25. The lowest BCUT2D eigenvalue weighted by molar-refractivity contribution is 0.483. The van der Waals surface area contributed by atoms with E-state index < -0.39 is 15.0 Å². The van der Waals surface area contributed by atoms with Gasteiger partial charge in [0.1, 0.15) is 16.3 Å². The van der Waals surface area contributed by atoms with Crippen LogP contribution in [0.15, 0.2) is 20.9 Å². The molecule has 7 nitrogen and oxygen atoms in total. The van der Waals surface area contributed by atoms with Gasteiger partial charge in [0.15, 0.2) is 0 Å². The van der Waals surface area contributed by atoms with Crippen LogP contribution in [0.4, 0.5) is 22.7 Å². The van der Waals surface area contributed by atoms with Crippen LogP contribution in [0.1, 0.15) is 0 Å². The van der Waals surface area contributed by atoms with Gasteiger partial charge in [-0.2, -0.15) is 18.4 Å². The third kappa shape index (κ3) is 2.77. The number of thiocarbonyl (C=S) groups is 2. The quantitative estimate of drug-likeness (QED) is 0.334. The first kappa shape index (κ1) is 14.4. The minimum atomic E-state index is -4.56. The summed E-state index contributed by atoms with van der Waals surface area (Å²) < 4.78 is 31.4. The summed E-state index contributed by atoms with van der Waals surface area (Å²) in [6.07, 6.45) is 0. The second-order valence-electron chi connectivity index (χ2n) is 2.96. The first-order valence-electron chi connectivity index (χ1n) is 4.18. The topological polar surface area (TPSA) is 131 Å². The third-order valence-electron chi connectivity index (χ3n) is 1.90. The number of nitrogens with two attached hydrogens (primary N) is 2. The highest BCUT2D eigenvalue weighted by Gasteiger charge is 2.22. The third-order valence-corrected chi connectivity index (χ3v) is 2.95. The monoisotopic (exact) mass is 302 g/mol. The van der Waals surface area contributed by atoms with E-state index in [2.05, 4.69) is 34.4 Å². The summed E-state index contributed by atoms with van der Waals surface area (Å²) >= 11 is 8.78. The molecule has 0 spiro atoms. The fourth-order valence-corrected chi connectivity index (χ4v) is 2.06.